The van der Waals surface area contributed by atoms with Crippen LogP contribution >= 0.6 is 0 Å². The van der Waals surface area contributed by atoms with Crippen molar-refractivity contribution in [2.75, 3.05) is 32.8 Å². The Balaban J connectivity index is 1.36. The molecule has 0 unspecified atom stereocenters. The van der Waals surface area contributed by atoms with Crippen LogP contribution in [0.1, 0.15) is 68.1 Å². The molecule has 0 aromatic heterocycles. The maximum Gasteiger partial charge on any atom is 0.251 e. The molecule has 0 atom stereocenters. The van der Waals surface area contributed by atoms with E-state index in [0.717, 1.165) is 44.4 Å². The van der Waals surface area contributed by atoms with E-state index in [-0.39, 0.29) is 5.91 Å². The van der Waals surface area contributed by atoms with E-state index in [9.17, 15) is 9.90 Å². The molecule has 5 nitrogen and oxygen atoms in total. The van der Waals surface area contributed by atoms with Crippen LogP contribution in [-0.4, -0.2) is 54.3 Å². The van der Waals surface area contributed by atoms with Crippen LogP contribution in [0.2, 0.25) is 0 Å². The van der Waals surface area contributed by atoms with Gasteiger partial charge in [-0.25, -0.2) is 0 Å². The van der Waals surface area contributed by atoms with E-state index in [1.54, 1.807) is 12.1 Å². The normalized spacial score (nSPS) is 20.2. The highest BCUT2D eigenvalue weighted by Crippen LogP contribution is 2.27. The van der Waals surface area contributed by atoms with Crippen LogP contribution in [0.15, 0.2) is 24.3 Å². The van der Waals surface area contributed by atoms with E-state index >= 15 is 0 Å². The summed E-state index contributed by atoms with van der Waals surface area (Å²) in [5.74, 6) is 0.668. The second kappa shape index (κ2) is 10.1. The Morgan fingerprint density at radius 2 is 1.70 bits per heavy atom. The Labute approximate surface area is 163 Å². The van der Waals surface area contributed by atoms with Gasteiger partial charge in [-0.2, -0.15) is 0 Å². The van der Waals surface area contributed by atoms with E-state index in [0.29, 0.717) is 18.7 Å². The van der Waals surface area contributed by atoms with Crippen molar-refractivity contribution >= 4 is 5.91 Å². The molecule has 0 radical (unpaired) electrons. The molecular weight excluding hydrogens is 340 g/mol. The second-order valence-corrected chi connectivity index (χ2v) is 8.10. The molecule has 1 aromatic rings. The van der Waals surface area contributed by atoms with Crippen molar-refractivity contribution in [1.29, 1.82) is 0 Å². The smallest absolute Gasteiger partial charge is 0.251 e. The standard InChI is InChI=1S/C22H34N2O3/c25-21(23-18-22(26)12-3-1-4-13-22)19-8-10-20(11-9-19)27-17-7-16-24-14-5-2-6-15-24/h8-11,26H,1-7,12-18H2,(H,23,25). The maximum absolute atomic E-state index is 12.3. The summed E-state index contributed by atoms with van der Waals surface area (Å²) in [6.07, 6.45) is 9.84. The van der Waals surface area contributed by atoms with E-state index in [1.165, 1.54) is 38.8 Å². The van der Waals surface area contributed by atoms with Gasteiger partial charge in [-0.1, -0.05) is 25.7 Å². The van der Waals surface area contributed by atoms with Crippen LogP contribution in [0, 0.1) is 0 Å². The van der Waals surface area contributed by atoms with Crippen LogP contribution in [-0.2, 0) is 0 Å². The summed E-state index contributed by atoms with van der Waals surface area (Å²) < 4.78 is 5.80. The van der Waals surface area contributed by atoms with Gasteiger partial charge in [0.15, 0.2) is 0 Å². The lowest BCUT2D eigenvalue weighted by molar-refractivity contribution is 0.00525. The summed E-state index contributed by atoms with van der Waals surface area (Å²) in [4.78, 5) is 14.8. The van der Waals surface area contributed by atoms with Gasteiger partial charge in [-0.3, -0.25) is 4.79 Å². The molecule has 1 aromatic carbocycles. The number of carbonyl (C=O) groups excluding carboxylic acids is 1. The van der Waals surface area contributed by atoms with Crippen molar-refractivity contribution < 1.29 is 14.6 Å². The molecular formula is C22H34N2O3. The van der Waals surface area contributed by atoms with Gasteiger partial charge >= 0.3 is 0 Å². The van der Waals surface area contributed by atoms with Crippen LogP contribution in [0.4, 0.5) is 0 Å². The highest BCUT2D eigenvalue weighted by Gasteiger charge is 2.29. The van der Waals surface area contributed by atoms with Gasteiger partial charge in [-0.15, -0.1) is 0 Å². The first kappa shape index (κ1) is 20.2. The first-order valence-corrected chi connectivity index (χ1v) is 10.6. The summed E-state index contributed by atoms with van der Waals surface area (Å²) in [6.45, 7) is 4.58. The minimum absolute atomic E-state index is 0.134. The largest absolute Gasteiger partial charge is 0.494 e. The number of aliphatic hydroxyl groups is 1. The van der Waals surface area contributed by atoms with Crippen LogP contribution < -0.4 is 10.1 Å². The third kappa shape index (κ3) is 6.51. The SMILES string of the molecule is O=C(NCC1(O)CCCCC1)c1ccc(OCCCN2CCCCC2)cc1. The number of hydrogen-bond donors (Lipinski definition) is 2. The molecule has 2 fully saturated rings. The number of ether oxygens (including phenoxy) is 1. The minimum Gasteiger partial charge on any atom is -0.494 e. The minimum atomic E-state index is -0.731. The fourth-order valence-corrected chi connectivity index (χ4v) is 4.10. The van der Waals surface area contributed by atoms with Crippen molar-refractivity contribution in [3.63, 3.8) is 0 Å². The zero-order chi connectivity index (χ0) is 19.0. The van der Waals surface area contributed by atoms with Crippen molar-refractivity contribution in [1.82, 2.24) is 10.2 Å². The Hall–Kier alpha value is -1.59. The number of nitrogens with zero attached hydrogens (tertiary/aromatic N) is 1. The molecule has 1 amide bonds. The van der Waals surface area contributed by atoms with E-state index in [1.807, 2.05) is 12.1 Å². The molecule has 1 aliphatic heterocycles. The van der Waals surface area contributed by atoms with Crippen molar-refractivity contribution in [2.45, 2.75) is 63.4 Å². The third-order valence-electron chi connectivity index (χ3n) is 5.81. The van der Waals surface area contributed by atoms with E-state index < -0.39 is 5.60 Å². The molecule has 3 rings (SSSR count). The molecule has 0 spiro atoms. The Morgan fingerprint density at radius 3 is 2.41 bits per heavy atom. The quantitative estimate of drug-likeness (QED) is 0.685. The lowest BCUT2D eigenvalue weighted by atomic mass is 9.85. The van der Waals surface area contributed by atoms with Gasteiger partial charge in [0, 0.05) is 18.7 Å². The van der Waals surface area contributed by atoms with E-state index in [4.69, 9.17) is 4.74 Å². The zero-order valence-corrected chi connectivity index (χ0v) is 16.4. The van der Waals surface area contributed by atoms with Gasteiger partial charge in [0.05, 0.1) is 12.2 Å². The average molecular weight is 375 g/mol. The molecule has 0 bridgehead atoms. The summed E-state index contributed by atoms with van der Waals surface area (Å²) in [5, 5.41) is 13.4. The van der Waals surface area contributed by atoms with E-state index in [2.05, 4.69) is 10.2 Å². The summed E-state index contributed by atoms with van der Waals surface area (Å²) in [6, 6.07) is 7.29. The Morgan fingerprint density at radius 1 is 1.04 bits per heavy atom. The van der Waals surface area contributed by atoms with Crippen molar-refractivity contribution in [3.8, 4) is 5.75 Å². The van der Waals surface area contributed by atoms with Crippen LogP contribution in [0.3, 0.4) is 0 Å². The molecule has 1 aliphatic carbocycles. The summed E-state index contributed by atoms with van der Waals surface area (Å²) in [7, 11) is 0. The number of likely N-dealkylation sites (tertiary alicyclic amines) is 1. The number of benzene rings is 1. The number of carbonyl (C=O) groups is 1. The van der Waals surface area contributed by atoms with Crippen molar-refractivity contribution in [3.05, 3.63) is 29.8 Å². The summed E-state index contributed by atoms with van der Waals surface area (Å²) in [5.41, 5.74) is -0.124. The van der Waals surface area contributed by atoms with Crippen LogP contribution in [0.25, 0.3) is 0 Å². The maximum atomic E-state index is 12.3. The highest BCUT2D eigenvalue weighted by molar-refractivity contribution is 5.94. The molecule has 1 saturated carbocycles. The number of amides is 1. The average Bonchev–Trinajstić information content (AvgIpc) is 2.71. The van der Waals surface area contributed by atoms with Crippen LogP contribution in [0.5, 0.6) is 5.75 Å². The number of nitrogens with one attached hydrogen (secondary N) is 1. The van der Waals surface area contributed by atoms with Gasteiger partial charge in [-0.05, 0) is 69.5 Å². The predicted octanol–water partition coefficient (Wildman–Crippen LogP) is 3.37. The summed E-state index contributed by atoms with van der Waals surface area (Å²) >= 11 is 0. The number of piperidine rings is 1. The second-order valence-electron chi connectivity index (χ2n) is 8.10. The fraction of sp³-hybridized carbons (Fsp3) is 0.682. The molecule has 1 saturated heterocycles. The zero-order valence-electron chi connectivity index (χ0n) is 16.4. The molecule has 1 heterocycles. The molecule has 150 valence electrons. The lowest BCUT2D eigenvalue weighted by Crippen LogP contribution is -2.44. The Bertz CT molecular complexity index is 576. The van der Waals surface area contributed by atoms with Gasteiger partial charge in [0.25, 0.3) is 5.91 Å². The predicted molar refractivity (Wildman–Crippen MR) is 107 cm³/mol. The first-order valence-electron chi connectivity index (χ1n) is 10.6. The molecule has 2 N–H and O–H groups in total. The third-order valence-corrected chi connectivity index (χ3v) is 5.81. The highest BCUT2D eigenvalue weighted by atomic mass is 16.5. The van der Waals surface area contributed by atoms with Gasteiger partial charge in [0.2, 0.25) is 0 Å². The fourth-order valence-electron chi connectivity index (χ4n) is 4.10. The monoisotopic (exact) mass is 374 g/mol. The first-order chi connectivity index (χ1) is 13.1. The lowest BCUT2D eigenvalue weighted by Gasteiger charge is -2.32. The topological polar surface area (TPSA) is 61.8 Å². The van der Waals surface area contributed by atoms with Gasteiger partial charge in [0.1, 0.15) is 5.75 Å². The van der Waals surface area contributed by atoms with Gasteiger partial charge < -0.3 is 20.1 Å². The number of rotatable bonds is 8. The molecule has 5 heteroatoms. The molecule has 2 aliphatic rings. The molecule has 27 heavy (non-hydrogen) atoms. The number of hydrogen-bond acceptors (Lipinski definition) is 4. The van der Waals surface area contributed by atoms with Crippen molar-refractivity contribution in [2.24, 2.45) is 0 Å². The Kier molecular flexibility index (Phi) is 7.53.